The number of methoxy groups -OCH3 is 1. The number of carbonyl (C=O) groups is 5. The summed E-state index contributed by atoms with van der Waals surface area (Å²) in [5.41, 5.74) is -5.43. The highest BCUT2D eigenvalue weighted by atomic mass is 16.6. The maximum absolute atomic E-state index is 14.7. The first-order chi connectivity index (χ1) is 19.7. The third kappa shape index (κ3) is 3.01. The molecule has 3 fully saturated rings. The van der Waals surface area contributed by atoms with E-state index in [9.17, 15) is 24.0 Å². The first kappa shape index (κ1) is 28.6. The summed E-state index contributed by atoms with van der Waals surface area (Å²) in [5, 5.41) is 0. The molecule has 5 aliphatic rings. The van der Waals surface area contributed by atoms with E-state index in [1.54, 1.807) is 25.5 Å². The van der Waals surface area contributed by atoms with Crippen LogP contribution in [0.1, 0.15) is 59.4 Å². The number of rotatable bonds is 5. The molecule has 1 saturated heterocycles. The van der Waals surface area contributed by atoms with Gasteiger partial charge in [0.2, 0.25) is 0 Å². The van der Waals surface area contributed by atoms with E-state index in [2.05, 4.69) is 0 Å². The maximum Gasteiger partial charge on any atom is 0.323 e. The molecule has 10 nitrogen and oxygen atoms in total. The van der Waals surface area contributed by atoms with Gasteiger partial charge < -0.3 is 23.4 Å². The Hall–Kier alpha value is -3.53. The van der Waals surface area contributed by atoms with Crippen molar-refractivity contribution in [1.29, 1.82) is 0 Å². The molecule has 2 saturated carbocycles. The molecular formula is C32H36O10. The molecule has 1 aromatic heterocycles. The third-order valence-electron chi connectivity index (χ3n) is 11.4. The van der Waals surface area contributed by atoms with Crippen molar-refractivity contribution >= 4 is 29.5 Å². The summed E-state index contributed by atoms with van der Waals surface area (Å²) in [7, 11) is 1.19. The second-order valence-electron chi connectivity index (χ2n) is 13.0. The lowest BCUT2D eigenvalue weighted by atomic mass is 9.37. The van der Waals surface area contributed by atoms with Gasteiger partial charge in [-0.25, -0.2) is 0 Å². The number of hydrogen-bond donors (Lipinski definition) is 0. The molecule has 1 spiro atoms. The van der Waals surface area contributed by atoms with Crippen LogP contribution in [-0.2, 0) is 42.9 Å². The Labute approximate surface area is 243 Å². The zero-order valence-electron chi connectivity index (χ0n) is 24.8. The first-order valence-electron chi connectivity index (χ1n) is 14.3. The standard InChI is InChI=1S/C32H36O10/c1-8-40-26(36)23-24(41-16(2)33)25-28(3)11-9-20(34)29(4,27(37)38-7)19(28)14-21(35)31(25,6)32-22(42-32)13-18(30(23,32)5)17-10-12-39-15-17/h9-12,14-15,18,22-25H,8,13H2,1-7H3/t18-,22+,23+,24+,25?,28-,29-,30+,31+,32+/m0/s1. The molecule has 1 aliphatic heterocycles. The van der Waals surface area contributed by atoms with E-state index in [0.29, 0.717) is 6.42 Å². The lowest BCUT2D eigenvalue weighted by Gasteiger charge is -2.65. The first-order valence-corrected chi connectivity index (χ1v) is 14.3. The van der Waals surface area contributed by atoms with Crippen molar-refractivity contribution in [1.82, 2.24) is 0 Å². The van der Waals surface area contributed by atoms with E-state index in [1.165, 1.54) is 33.1 Å². The highest BCUT2D eigenvalue weighted by Crippen LogP contribution is 2.82. The zero-order valence-corrected chi connectivity index (χ0v) is 24.8. The van der Waals surface area contributed by atoms with Crippen LogP contribution in [0.3, 0.4) is 0 Å². The number of hydrogen-bond acceptors (Lipinski definition) is 10. The maximum atomic E-state index is 14.7. The van der Waals surface area contributed by atoms with Gasteiger partial charge in [-0.3, -0.25) is 24.0 Å². The average molecular weight is 581 g/mol. The fourth-order valence-electron chi connectivity index (χ4n) is 9.77. The molecule has 0 radical (unpaired) electrons. The van der Waals surface area contributed by atoms with E-state index >= 15 is 0 Å². The Bertz CT molecular complexity index is 1470. The van der Waals surface area contributed by atoms with E-state index < -0.39 is 68.9 Å². The molecule has 1 aromatic rings. The van der Waals surface area contributed by atoms with Gasteiger partial charge in [-0.2, -0.15) is 0 Å². The second kappa shape index (κ2) is 8.75. The van der Waals surface area contributed by atoms with Gasteiger partial charge in [0.25, 0.3) is 0 Å². The van der Waals surface area contributed by atoms with E-state index in [-0.39, 0.29) is 30.0 Å². The highest BCUT2D eigenvalue weighted by Gasteiger charge is 2.91. The number of furan rings is 1. The summed E-state index contributed by atoms with van der Waals surface area (Å²) in [6.45, 7) is 10.0. The van der Waals surface area contributed by atoms with Crippen molar-refractivity contribution in [2.75, 3.05) is 13.7 Å². The van der Waals surface area contributed by atoms with E-state index in [1.807, 2.05) is 26.8 Å². The Morgan fingerprint density at radius 2 is 1.81 bits per heavy atom. The van der Waals surface area contributed by atoms with Gasteiger partial charge in [0, 0.05) is 23.7 Å². The predicted octanol–water partition coefficient (Wildman–Crippen LogP) is 3.49. The van der Waals surface area contributed by atoms with Crippen LogP contribution in [0.2, 0.25) is 0 Å². The Morgan fingerprint density at radius 3 is 2.40 bits per heavy atom. The molecule has 0 bridgehead atoms. The fourth-order valence-corrected chi connectivity index (χ4v) is 9.77. The number of epoxide rings is 1. The summed E-state index contributed by atoms with van der Waals surface area (Å²) in [6, 6.07) is 1.84. The normalized spacial score (nSPS) is 44.6. The molecule has 42 heavy (non-hydrogen) atoms. The van der Waals surface area contributed by atoms with Crippen LogP contribution >= 0.6 is 0 Å². The number of carbonyl (C=O) groups excluding carboxylic acids is 5. The number of fused-ring (bicyclic) bond motifs is 3. The Morgan fingerprint density at radius 1 is 1.10 bits per heavy atom. The predicted molar refractivity (Wildman–Crippen MR) is 145 cm³/mol. The van der Waals surface area contributed by atoms with Crippen molar-refractivity contribution in [3.05, 3.63) is 48.0 Å². The molecule has 10 atom stereocenters. The van der Waals surface area contributed by atoms with Crippen LogP contribution in [0.25, 0.3) is 0 Å². The van der Waals surface area contributed by atoms with Crippen LogP contribution < -0.4 is 0 Å². The second-order valence-corrected chi connectivity index (χ2v) is 13.0. The van der Waals surface area contributed by atoms with Crippen molar-refractivity contribution in [2.45, 2.75) is 71.7 Å². The summed E-state index contributed by atoms with van der Waals surface area (Å²) in [5.74, 6) is -5.14. The molecule has 224 valence electrons. The Kier molecular flexibility index (Phi) is 5.95. The van der Waals surface area contributed by atoms with Gasteiger partial charge in [-0.1, -0.05) is 19.9 Å². The monoisotopic (exact) mass is 580 g/mol. The average Bonchev–Trinajstić information content (AvgIpc) is 3.29. The van der Waals surface area contributed by atoms with Crippen LogP contribution in [0.4, 0.5) is 0 Å². The minimum absolute atomic E-state index is 0.0873. The molecule has 0 aromatic carbocycles. The topological polar surface area (TPSA) is 139 Å². The smallest absolute Gasteiger partial charge is 0.323 e. The molecule has 4 aliphatic carbocycles. The number of esters is 3. The SMILES string of the molecule is CCOC(=O)[C@H]1[C@@H](OC(C)=O)C2[C@@]3(C)C=CC(=O)[C@@](C)(C(=O)OC)C3=CC(=O)[C@@]2(C)[C@@]23O[C@@H]2C[C@@H](c2ccoc2)[C@]13C. The molecule has 6 rings (SSSR count). The highest BCUT2D eigenvalue weighted by molar-refractivity contribution is 6.15. The van der Waals surface area contributed by atoms with Gasteiger partial charge in [0.15, 0.2) is 11.6 Å². The van der Waals surface area contributed by atoms with Crippen molar-refractivity contribution in [3.8, 4) is 0 Å². The van der Waals surface area contributed by atoms with Crippen LogP contribution in [0.15, 0.2) is 46.8 Å². The van der Waals surface area contributed by atoms with E-state index in [4.69, 9.17) is 23.4 Å². The number of allylic oxidation sites excluding steroid dienone is 3. The zero-order chi connectivity index (χ0) is 30.6. The van der Waals surface area contributed by atoms with E-state index in [0.717, 1.165) is 5.56 Å². The molecule has 0 amide bonds. The quantitative estimate of drug-likeness (QED) is 0.220. The number of ether oxygens (including phenoxy) is 4. The number of ketones is 2. The fraction of sp³-hybridized carbons (Fsp3) is 0.594. The lowest BCUT2D eigenvalue weighted by molar-refractivity contribution is -0.227. The minimum Gasteiger partial charge on any atom is -0.472 e. The van der Waals surface area contributed by atoms with Gasteiger partial charge >= 0.3 is 17.9 Å². The largest absolute Gasteiger partial charge is 0.472 e. The van der Waals surface area contributed by atoms with Crippen LogP contribution in [0.5, 0.6) is 0 Å². The van der Waals surface area contributed by atoms with Gasteiger partial charge in [-0.15, -0.1) is 0 Å². The minimum atomic E-state index is -1.80. The van der Waals surface area contributed by atoms with Gasteiger partial charge in [-0.05, 0) is 62.5 Å². The molecule has 1 unspecified atom stereocenters. The molecule has 2 heterocycles. The summed E-state index contributed by atoms with van der Waals surface area (Å²) in [4.78, 5) is 68.2. The Balaban J connectivity index is 1.68. The van der Waals surface area contributed by atoms with Crippen LogP contribution in [0, 0.1) is 33.5 Å². The third-order valence-corrected chi connectivity index (χ3v) is 11.4. The lowest BCUT2D eigenvalue weighted by Crippen LogP contribution is -2.74. The summed E-state index contributed by atoms with van der Waals surface area (Å²) < 4.78 is 28.9. The van der Waals surface area contributed by atoms with Crippen molar-refractivity contribution in [3.63, 3.8) is 0 Å². The molecular weight excluding hydrogens is 544 g/mol. The molecule has 0 N–H and O–H groups in total. The summed E-state index contributed by atoms with van der Waals surface area (Å²) in [6.07, 6.45) is 6.54. The van der Waals surface area contributed by atoms with Gasteiger partial charge in [0.05, 0.1) is 37.8 Å². The van der Waals surface area contributed by atoms with Gasteiger partial charge in [0.1, 0.15) is 23.0 Å². The summed E-state index contributed by atoms with van der Waals surface area (Å²) >= 11 is 0. The van der Waals surface area contributed by atoms with Crippen molar-refractivity contribution < 1.29 is 47.3 Å². The van der Waals surface area contributed by atoms with Crippen LogP contribution in [-0.4, -0.2) is 61.0 Å². The molecule has 10 heteroatoms. The van der Waals surface area contributed by atoms with Crippen molar-refractivity contribution in [2.24, 2.45) is 33.5 Å².